The number of amides is 1. The van der Waals surface area contributed by atoms with Crippen molar-refractivity contribution in [2.45, 2.75) is 31.9 Å². The Bertz CT molecular complexity index is 189. The van der Waals surface area contributed by atoms with Crippen molar-refractivity contribution in [3.05, 3.63) is 0 Å². The largest absolute Gasteiger partial charge is 0.353 e. The average Bonchev–Trinajstić information content (AvgIpc) is 2.64. The van der Waals surface area contributed by atoms with Crippen LogP contribution in [-0.4, -0.2) is 18.6 Å². The molecule has 1 aliphatic carbocycles. The lowest BCUT2D eigenvalue weighted by Crippen LogP contribution is -2.23. The number of alkyl halides is 1. The van der Waals surface area contributed by atoms with Crippen LogP contribution < -0.4 is 5.32 Å². The zero-order valence-electron chi connectivity index (χ0n) is 7.05. The van der Waals surface area contributed by atoms with Crippen molar-refractivity contribution in [3.8, 4) is 0 Å². The summed E-state index contributed by atoms with van der Waals surface area (Å²) in [6, 6.07) is 0. The molecule has 2 atom stereocenters. The van der Waals surface area contributed by atoms with Gasteiger partial charge >= 0.3 is 0 Å². The lowest BCUT2D eigenvalue weighted by molar-refractivity contribution is -0.124. The molecule has 0 unspecified atom stereocenters. The molecule has 1 saturated carbocycles. The fraction of sp³-hybridized carbons (Fsp3) is 0.889. The topological polar surface area (TPSA) is 29.1 Å². The van der Waals surface area contributed by atoms with Gasteiger partial charge in [0.1, 0.15) is 0 Å². The number of hydrogen-bond acceptors (Lipinski definition) is 1. The minimum atomic E-state index is -1.23. The molecule has 12 heavy (non-hydrogen) atoms. The van der Waals surface area contributed by atoms with E-state index in [1.165, 1.54) is 12.8 Å². The van der Waals surface area contributed by atoms with Crippen molar-refractivity contribution in [3.63, 3.8) is 0 Å². The summed E-state index contributed by atoms with van der Waals surface area (Å²) in [5, 5.41) is 2.58. The first kappa shape index (κ1) is 8.02. The molecule has 0 radical (unpaired) electrons. The van der Waals surface area contributed by atoms with Gasteiger partial charge in [0.15, 0.2) is 6.17 Å². The monoisotopic (exact) mass is 171 g/mol. The summed E-state index contributed by atoms with van der Waals surface area (Å²) in [7, 11) is 0. The van der Waals surface area contributed by atoms with Crippen LogP contribution in [0.15, 0.2) is 0 Å². The van der Waals surface area contributed by atoms with Crippen molar-refractivity contribution in [1.29, 1.82) is 0 Å². The molecule has 2 nitrogen and oxygen atoms in total. The normalized spacial score (nSPS) is 37.2. The summed E-state index contributed by atoms with van der Waals surface area (Å²) in [6.45, 7) is 0.560. The Morgan fingerprint density at radius 1 is 1.33 bits per heavy atom. The number of halogens is 1. The van der Waals surface area contributed by atoms with Crippen LogP contribution in [0.4, 0.5) is 4.39 Å². The summed E-state index contributed by atoms with van der Waals surface area (Å²) in [6.07, 6.45) is 3.41. The van der Waals surface area contributed by atoms with Crippen LogP contribution in [0.3, 0.4) is 0 Å². The average molecular weight is 171 g/mol. The molecule has 1 aliphatic heterocycles. The second-order valence-electron chi connectivity index (χ2n) is 3.86. The van der Waals surface area contributed by atoms with Gasteiger partial charge in [0.25, 0.3) is 5.91 Å². The number of nitrogens with one attached hydrogen (secondary N) is 1. The van der Waals surface area contributed by atoms with E-state index >= 15 is 0 Å². The zero-order valence-corrected chi connectivity index (χ0v) is 7.05. The number of rotatable bonds is 1. The first-order chi connectivity index (χ1) is 5.79. The van der Waals surface area contributed by atoms with E-state index < -0.39 is 12.1 Å². The molecule has 68 valence electrons. The van der Waals surface area contributed by atoms with Crippen LogP contribution in [-0.2, 0) is 4.79 Å². The van der Waals surface area contributed by atoms with E-state index in [4.69, 9.17) is 0 Å². The maximum Gasteiger partial charge on any atom is 0.254 e. The molecule has 0 aromatic carbocycles. The van der Waals surface area contributed by atoms with Crippen molar-refractivity contribution < 1.29 is 9.18 Å². The van der Waals surface area contributed by atoms with E-state index in [2.05, 4.69) is 5.32 Å². The van der Waals surface area contributed by atoms with Crippen LogP contribution in [0, 0.1) is 11.8 Å². The van der Waals surface area contributed by atoms with E-state index in [0.717, 1.165) is 12.8 Å². The summed E-state index contributed by atoms with van der Waals surface area (Å²) in [5.74, 6) is 0.0332. The van der Waals surface area contributed by atoms with E-state index in [1.807, 2.05) is 0 Å². The van der Waals surface area contributed by atoms with Crippen LogP contribution in [0.25, 0.3) is 0 Å². The minimum absolute atomic E-state index is 0.0278. The Balaban J connectivity index is 1.99. The van der Waals surface area contributed by atoms with Crippen LogP contribution in [0.1, 0.15) is 25.7 Å². The van der Waals surface area contributed by atoms with Gasteiger partial charge in [-0.3, -0.25) is 4.79 Å². The summed E-state index contributed by atoms with van der Waals surface area (Å²) in [5.41, 5.74) is 0. The van der Waals surface area contributed by atoms with E-state index in [0.29, 0.717) is 12.5 Å². The standard InChI is InChI=1S/C9H14FNO/c10-8-7(5-11-9(8)12)6-3-1-2-4-6/h6-8H,1-5H2,(H,11,12)/t7-,8-/m0/s1. The fourth-order valence-electron chi connectivity index (χ4n) is 2.41. The fourth-order valence-corrected chi connectivity index (χ4v) is 2.41. The minimum Gasteiger partial charge on any atom is -0.353 e. The van der Waals surface area contributed by atoms with E-state index in [1.54, 1.807) is 0 Å². The first-order valence-electron chi connectivity index (χ1n) is 4.71. The van der Waals surface area contributed by atoms with Crippen molar-refractivity contribution >= 4 is 5.91 Å². The van der Waals surface area contributed by atoms with E-state index in [-0.39, 0.29) is 5.92 Å². The van der Waals surface area contributed by atoms with Crippen LogP contribution in [0.5, 0.6) is 0 Å². The molecular weight excluding hydrogens is 157 g/mol. The molecule has 2 rings (SSSR count). The second-order valence-corrected chi connectivity index (χ2v) is 3.86. The highest BCUT2D eigenvalue weighted by Gasteiger charge is 2.40. The summed E-state index contributed by atoms with van der Waals surface area (Å²) >= 11 is 0. The Kier molecular flexibility index (Phi) is 2.03. The van der Waals surface area contributed by atoms with E-state index in [9.17, 15) is 9.18 Å². The van der Waals surface area contributed by atoms with Gasteiger partial charge in [-0.05, 0) is 18.8 Å². The lowest BCUT2D eigenvalue weighted by atomic mass is 9.89. The molecule has 2 fully saturated rings. The summed E-state index contributed by atoms with van der Waals surface area (Å²) in [4.78, 5) is 10.9. The van der Waals surface area contributed by atoms with Gasteiger partial charge in [-0.15, -0.1) is 0 Å². The number of carbonyl (C=O) groups is 1. The quantitative estimate of drug-likeness (QED) is 0.632. The predicted molar refractivity (Wildman–Crippen MR) is 43.4 cm³/mol. The molecule has 0 aromatic rings. The highest BCUT2D eigenvalue weighted by Crippen LogP contribution is 2.35. The third kappa shape index (κ3) is 1.21. The summed E-state index contributed by atoms with van der Waals surface area (Å²) < 4.78 is 13.2. The Hall–Kier alpha value is -0.600. The predicted octanol–water partition coefficient (Wildman–Crippen LogP) is 1.26. The Morgan fingerprint density at radius 2 is 2.00 bits per heavy atom. The van der Waals surface area contributed by atoms with Crippen molar-refractivity contribution in [1.82, 2.24) is 5.32 Å². The lowest BCUT2D eigenvalue weighted by Gasteiger charge is -2.17. The molecular formula is C9H14FNO. The van der Waals surface area contributed by atoms with Gasteiger partial charge in [-0.1, -0.05) is 12.8 Å². The van der Waals surface area contributed by atoms with Crippen LogP contribution in [0.2, 0.25) is 0 Å². The second kappa shape index (κ2) is 3.04. The third-order valence-electron chi connectivity index (χ3n) is 3.14. The van der Waals surface area contributed by atoms with Crippen molar-refractivity contribution in [2.24, 2.45) is 11.8 Å². The Labute approximate surface area is 71.5 Å². The number of hydrogen-bond donors (Lipinski definition) is 1. The van der Waals surface area contributed by atoms with Gasteiger partial charge in [-0.2, -0.15) is 0 Å². The molecule has 1 saturated heterocycles. The molecule has 1 amide bonds. The smallest absolute Gasteiger partial charge is 0.254 e. The first-order valence-corrected chi connectivity index (χ1v) is 4.71. The molecule has 3 heteroatoms. The van der Waals surface area contributed by atoms with Gasteiger partial charge in [0.05, 0.1) is 0 Å². The molecule has 0 bridgehead atoms. The number of carbonyl (C=O) groups excluding carboxylic acids is 1. The van der Waals surface area contributed by atoms with Gasteiger partial charge < -0.3 is 5.32 Å². The maximum atomic E-state index is 13.2. The van der Waals surface area contributed by atoms with Crippen molar-refractivity contribution in [2.75, 3.05) is 6.54 Å². The van der Waals surface area contributed by atoms with Gasteiger partial charge in [0.2, 0.25) is 0 Å². The molecule has 1 heterocycles. The molecule has 0 spiro atoms. The SMILES string of the molecule is O=C1NC[C@@H](C2CCCC2)[C@@H]1F. The molecule has 2 aliphatic rings. The van der Waals surface area contributed by atoms with Crippen LogP contribution >= 0.6 is 0 Å². The highest BCUT2D eigenvalue weighted by molar-refractivity contribution is 5.83. The van der Waals surface area contributed by atoms with Gasteiger partial charge in [0, 0.05) is 12.5 Å². The van der Waals surface area contributed by atoms with Gasteiger partial charge in [-0.25, -0.2) is 4.39 Å². The zero-order chi connectivity index (χ0) is 8.55. The maximum absolute atomic E-state index is 13.2. The molecule has 1 N–H and O–H groups in total. The molecule has 0 aromatic heterocycles. The third-order valence-corrected chi connectivity index (χ3v) is 3.14. The Morgan fingerprint density at radius 3 is 2.50 bits per heavy atom. The highest BCUT2D eigenvalue weighted by atomic mass is 19.1.